The van der Waals surface area contributed by atoms with Crippen molar-refractivity contribution < 1.29 is 4.79 Å². The van der Waals surface area contributed by atoms with Gasteiger partial charge in [-0.2, -0.15) is 0 Å². The fourth-order valence-corrected chi connectivity index (χ4v) is 5.54. The van der Waals surface area contributed by atoms with E-state index in [1.165, 1.54) is 34.3 Å². The molecule has 0 radical (unpaired) electrons. The quantitative estimate of drug-likeness (QED) is 0.461. The van der Waals surface area contributed by atoms with Crippen LogP contribution in [0.1, 0.15) is 68.3 Å². The molecule has 1 aliphatic heterocycles. The summed E-state index contributed by atoms with van der Waals surface area (Å²) in [5, 5.41) is 3.92. The summed E-state index contributed by atoms with van der Waals surface area (Å²) in [4.78, 5) is 22.0. The van der Waals surface area contributed by atoms with Crippen LogP contribution in [0.3, 0.4) is 0 Å². The lowest BCUT2D eigenvalue weighted by molar-refractivity contribution is 0.193. The van der Waals surface area contributed by atoms with Crippen LogP contribution in [-0.2, 0) is 12.8 Å². The van der Waals surface area contributed by atoms with Crippen LogP contribution in [0.15, 0.2) is 42.1 Å². The number of carbonyl (C=O) groups is 1. The van der Waals surface area contributed by atoms with Crippen molar-refractivity contribution in [3.8, 4) is 0 Å². The highest BCUT2D eigenvalue weighted by Crippen LogP contribution is 2.38. The Morgan fingerprint density at radius 3 is 2.57 bits per heavy atom. The molecule has 2 aromatic rings. The second kappa shape index (κ2) is 12.5. The van der Waals surface area contributed by atoms with Gasteiger partial charge in [0.2, 0.25) is 0 Å². The highest BCUT2D eigenvalue weighted by atomic mass is 35.5. The maximum Gasteiger partial charge on any atom is 0.317 e. The summed E-state index contributed by atoms with van der Waals surface area (Å²) in [6.07, 6.45) is 8.98. The molecule has 6 heteroatoms. The number of pyridine rings is 1. The minimum Gasteiger partial charge on any atom is -0.338 e. The number of unbranched alkanes of at least 4 members (excludes halogenated alkanes) is 2. The molecule has 0 unspecified atom stereocenters. The molecule has 0 saturated carbocycles. The molecule has 1 fully saturated rings. The number of halogens is 1. The van der Waals surface area contributed by atoms with E-state index in [9.17, 15) is 4.79 Å². The second-order valence-electron chi connectivity index (χ2n) is 9.60. The molecule has 2 amide bonds. The van der Waals surface area contributed by atoms with E-state index in [-0.39, 0.29) is 6.03 Å². The molecule has 2 heterocycles. The average Bonchev–Trinajstić information content (AvgIpc) is 3.05. The number of likely N-dealkylation sites (tertiary alicyclic amines) is 1. The number of nitrogens with one attached hydrogen (secondary N) is 1. The Kier molecular flexibility index (Phi) is 9.22. The first-order chi connectivity index (χ1) is 17.1. The summed E-state index contributed by atoms with van der Waals surface area (Å²) in [5.41, 5.74) is 7.60. The third-order valence-electron chi connectivity index (χ3n) is 7.46. The molecule has 1 aromatic carbocycles. The summed E-state index contributed by atoms with van der Waals surface area (Å²) in [7, 11) is 0. The minimum atomic E-state index is 0.0735. The number of hydrogen-bond acceptors (Lipinski definition) is 3. The lowest BCUT2D eigenvalue weighted by Crippen LogP contribution is -2.43. The van der Waals surface area contributed by atoms with Crippen LogP contribution in [0.2, 0.25) is 5.02 Å². The van der Waals surface area contributed by atoms with Gasteiger partial charge in [-0.15, -0.1) is 0 Å². The third kappa shape index (κ3) is 6.45. The maximum atomic E-state index is 12.8. The molecule has 5 nitrogen and oxygen atoms in total. The predicted octanol–water partition coefficient (Wildman–Crippen LogP) is 5.95. The van der Waals surface area contributed by atoms with Gasteiger partial charge in [0.1, 0.15) is 0 Å². The highest BCUT2D eigenvalue weighted by Gasteiger charge is 2.26. The Balaban J connectivity index is 1.37. The van der Waals surface area contributed by atoms with Crippen LogP contribution in [0.25, 0.3) is 5.57 Å². The molecule has 1 aromatic heterocycles. The van der Waals surface area contributed by atoms with Gasteiger partial charge in [0.15, 0.2) is 0 Å². The number of carbonyl (C=O) groups excluding carboxylic acids is 1. The highest BCUT2D eigenvalue weighted by molar-refractivity contribution is 6.30. The molecule has 1 N–H and O–H groups in total. The maximum absolute atomic E-state index is 12.8. The van der Waals surface area contributed by atoms with Gasteiger partial charge in [-0.3, -0.25) is 4.98 Å². The largest absolute Gasteiger partial charge is 0.338 e. The topological polar surface area (TPSA) is 48.5 Å². The molecular weight excluding hydrogens is 456 g/mol. The van der Waals surface area contributed by atoms with E-state index in [4.69, 9.17) is 16.6 Å². The zero-order valence-electron chi connectivity index (χ0n) is 21.3. The Morgan fingerprint density at radius 1 is 1.03 bits per heavy atom. The van der Waals surface area contributed by atoms with Crippen LogP contribution in [0, 0.1) is 0 Å². The number of rotatable bonds is 8. The Bertz CT molecular complexity index is 1040. The average molecular weight is 495 g/mol. The zero-order chi connectivity index (χ0) is 24.6. The summed E-state index contributed by atoms with van der Waals surface area (Å²) >= 11 is 6.34. The van der Waals surface area contributed by atoms with E-state index in [0.29, 0.717) is 0 Å². The number of aryl methyl sites for hydroxylation is 2. The number of amides is 2. The van der Waals surface area contributed by atoms with Crippen molar-refractivity contribution in [1.82, 2.24) is 20.1 Å². The van der Waals surface area contributed by atoms with Crippen molar-refractivity contribution in [3.05, 3.63) is 69.5 Å². The van der Waals surface area contributed by atoms with Crippen LogP contribution in [0.4, 0.5) is 4.79 Å². The standard InChI is InChI=1S/C29H39ClN4O/c1-3-33(4-2)18-7-5-6-16-32-29(35)34-19-14-22(15-20-34)27-26-13-12-25(30)21-24(26)11-10-23-9-8-17-31-28(23)27/h8-9,12-13,17,21H,3-7,10-11,14-16,18-20H2,1-2H3,(H,32,35). The van der Waals surface area contributed by atoms with E-state index in [1.807, 2.05) is 23.2 Å². The monoisotopic (exact) mass is 494 g/mol. The van der Waals surface area contributed by atoms with Crippen LogP contribution in [0.5, 0.6) is 0 Å². The van der Waals surface area contributed by atoms with Crippen molar-refractivity contribution in [2.45, 2.75) is 58.8 Å². The summed E-state index contributed by atoms with van der Waals surface area (Å²) in [6.45, 7) is 10.1. The number of hydrogen-bond donors (Lipinski definition) is 1. The number of benzene rings is 1. The number of nitrogens with zero attached hydrogens (tertiary/aromatic N) is 3. The normalized spacial score (nSPS) is 15.6. The first-order valence-corrected chi connectivity index (χ1v) is 13.7. The number of aromatic nitrogens is 1. The molecule has 0 atom stereocenters. The van der Waals surface area contributed by atoms with Gasteiger partial charge in [0.25, 0.3) is 0 Å². The first-order valence-electron chi connectivity index (χ1n) is 13.3. The van der Waals surface area contributed by atoms with E-state index in [0.717, 1.165) is 88.5 Å². The van der Waals surface area contributed by atoms with Gasteiger partial charge in [-0.25, -0.2) is 4.79 Å². The SMILES string of the molecule is CCN(CC)CCCCCNC(=O)N1CCC(=C2c3ccc(Cl)cc3CCc3cccnc32)CC1. The zero-order valence-corrected chi connectivity index (χ0v) is 22.0. The van der Waals surface area contributed by atoms with Crippen LogP contribution >= 0.6 is 11.6 Å². The molecule has 0 bridgehead atoms. The second-order valence-corrected chi connectivity index (χ2v) is 10.0. The minimum absolute atomic E-state index is 0.0735. The smallest absolute Gasteiger partial charge is 0.317 e. The summed E-state index contributed by atoms with van der Waals surface area (Å²) in [5.74, 6) is 0. The molecule has 1 aliphatic carbocycles. The molecule has 188 valence electrons. The van der Waals surface area contributed by atoms with Gasteiger partial charge in [0, 0.05) is 36.4 Å². The first kappa shape index (κ1) is 25.7. The van der Waals surface area contributed by atoms with Gasteiger partial charge >= 0.3 is 6.03 Å². The van der Waals surface area contributed by atoms with E-state index < -0.39 is 0 Å². The molecule has 0 spiro atoms. The van der Waals surface area contributed by atoms with Crippen LogP contribution in [-0.4, -0.2) is 60.1 Å². The molecular formula is C29H39ClN4O. The van der Waals surface area contributed by atoms with Crippen molar-refractivity contribution in [1.29, 1.82) is 0 Å². The fraction of sp³-hybridized carbons (Fsp3) is 0.517. The molecule has 2 aliphatic rings. The van der Waals surface area contributed by atoms with Crippen molar-refractivity contribution >= 4 is 23.2 Å². The summed E-state index contributed by atoms with van der Waals surface area (Å²) in [6, 6.07) is 10.5. The van der Waals surface area contributed by atoms with Crippen LogP contribution < -0.4 is 5.32 Å². The lowest BCUT2D eigenvalue weighted by atomic mass is 9.88. The molecule has 35 heavy (non-hydrogen) atoms. The third-order valence-corrected chi connectivity index (χ3v) is 7.69. The summed E-state index contributed by atoms with van der Waals surface area (Å²) < 4.78 is 0. The van der Waals surface area contributed by atoms with Crippen molar-refractivity contribution in [2.24, 2.45) is 0 Å². The van der Waals surface area contributed by atoms with E-state index >= 15 is 0 Å². The fourth-order valence-electron chi connectivity index (χ4n) is 5.35. The Labute approximate surface area is 215 Å². The van der Waals surface area contributed by atoms with Crippen molar-refractivity contribution in [3.63, 3.8) is 0 Å². The van der Waals surface area contributed by atoms with Gasteiger partial charge < -0.3 is 15.1 Å². The van der Waals surface area contributed by atoms with Gasteiger partial charge in [0.05, 0.1) is 5.69 Å². The van der Waals surface area contributed by atoms with Crippen molar-refractivity contribution in [2.75, 3.05) is 39.3 Å². The van der Waals surface area contributed by atoms with Gasteiger partial charge in [-0.05, 0) is 93.0 Å². The lowest BCUT2D eigenvalue weighted by Gasteiger charge is -2.30. The number of fused-ring (bicyclic) bond motifs is 2. The van der Waals surface area contributed by atoms with E-state index in [2.05, 4.69) is 42.3 Å². The molecule has 1 saturated heterocycles. The molecule has 4 rings (SSSR count). The Morgan fingerprint density at radius 2 is 1.80 bits per heavy atom. The number of urea groups is 1. The van der Waals surface area contributed by atoms with Gasteiger partial charge in [-0.1, -0.05) is 49.6 Å². The predicted molar refractivity (Wildman–Crippen MR) is 145 cm³/mol. The number of piperidine rings is 1. The van der Waals surface area contributed by atoms with E-state index in [1.54, 1.807) is 0 Å². The Hall–Kier alpha value is -2.37.